The second-order valence-electron chi connectivity index (χ2n) is 7.06. The lowest BCUT2D eigenvalue weighted by Crippen LogP contribution is -2.46. The van der Waals surface area contributed by atoms with E-state index in [0.29, 0.717) is 5.54 Å². The van der Waals surface area contributed by atoms with Crippen LogP contribution in [0.4, 0.5) is 0 Å². The number of rotatable bonds is 4. The summed E-state index contributed by atoms with van der Waals surface area (Å²) in [4.78, 5) is 5.50. The Morgan fingerprint density at radius 3 is 2.50 bits per heavy atom. The van der Waals surface area contributed by atoms with Crippen LogP contribution in [-0.4, -0.2) is 48.1 Å². The van der Waals surface area contributed by atoms with E-state index in [-0.39, 0.29) is 0 Å². The lowest BCUT2D eigenvalue weighted by atomic mass is 9.79. The molecule has 1 heterocycles. The predicted octanol–water partition coefficient (Wildman–Crippen LogP) is 3.13. The maximum absolute atomic E-state index is 2.92. The summed E-state index contributed by atoms with van der Waals surface area (Å²) in [7, 11) is 2.32. The normalized spacial score (nSPS) is 32.5. The molecule has 0 bridgehead atoms. The van der Waals surface area contributed by atoms with Gasteiger partial charge in [0, 0.05) is 24.7 Å². The van der Waals surface area contributed by atoms with E-state index in [1.54, 1.807) is 0 Å². The number of hydrogen-bond donors (Lipinski definition) is 0. The molecule has 104 valence electrons. The molecule has 0 aromatic rings. The third-order valence-corrected chi connectivity index (χ3v) is 5.80. The van der Waals surface area contributed by atoms with Crippen LogP contribution in [0.5, 0.6) is 0 Å². The van der Waals surface area contributed by atoms with Crippen molar-refractivity contribution < 1.29 is 0 Å². The predicted molar refractivity (Wildman–Crippen MR) is 76.8 cm³/mol. The Hall–Kier alpha value is -0.0800. The topological polar surface area (TPSA) is 6.48 Å². The molecule has 2 heteroatoms. The van der Waals surface area contributed by atoms with Gasteiger partial charge in [-0.05, 0) is 51.6 Å². The summed E-state index contributed by atoms with van der Waals surface area (Å²) in [6.07, 6.45) is 11.8. The standard InChI is InChI=1S/C16H30N2/c1-3-17(2)15-11-16(9-5-4-6-10-16)18(13-15)12-14-7-8-14/h14-15H,3-13H2,1-2H3/t15-/m0/s1. The van der Waals surface area contributed by atoms with E-state index < -0.39 is 0 Å². The minimum absolute atomic E-state index is 0.606. The lowest BCUT2D eigenvalue weighted by molar-refractivity contribution is 0.0883. The first-order valence-electron chi connectivity index (χ1n) is 8.19. The molecule has 2 saturated carbocycles. The van der Waals surface area contributed by atoms with E-state index in [0.717, 1.165) is 12.0 Å². The highest BCUT2D eigenvalue weighted by molar-refractivity contribution is 5.04. The monoisotopic (exact) mass is 250 g/mol. The zero-order chi connectivity index (χ0) is 12.6. The fourth-order valence-electron chi connectivity index (χ4n) is 4.24. The first kappa shape index (κ1) is 12.9. The van der Waals surface area contributed by atoms with Crippen LogP contribution in [0.3, 0.4) is 0 Å². The van der Waals surface area contributed by atoms with Crippen molar-refractivity contribution in [1.82, 2.24) is 9.80 Å². The van der Waals surface area contributed by atoms with E-state index in [1.807, 2.05) is 0 Å². The second-order valence-corrected chi connectivity index (χ2v) is 7.06. The van der Waals surface area contributed by atoms with Gasteiger partial charge in [0.05, 0.1) is 0 Å². The van der Waals surface area contributed by atoms with Crippen LogP contribution >= 0.6 is 0 Å². The quantitative estimate of drug-likeness (QED) is 0.756. The zero-order valence-electron chi connectivity index (χ0n) is 12.3. The summed E-state index contributed by atoms with van der Waals surface area (Å²) < 4.78 is 0. The van der Waals surface area contributed by atoms with Crippen molar-refractivity contribution in [1.29, 1.82) is 0 Å². The summed E-state index contributed by atoms with van der Waals surface area (Å²) >= 11 is 0. The number of likely N-dealkylation sites (tertiary alicyclic amines) is 1. The Labute approximate surface area is 113 Å². The molecule has 3 rings (SSSR count). The smallest absolute Gasteiger partial charge is 0.0237 e. The third-order valence-electron chi connectivity index (χ3n) is 5.80. The summed E-state index contributed by atoms with van der Waals surface area (Å²) in [5.74, 6) is 1.05. The van der Waals surface area contributed by atoms with Gasteiger partial charge in [-0.1, -0.05) is 26.2 Å². The van der Waals surface area contributed by atoms with Crippen molar-refractivity contribution in [2.45, 2.75) is 69.9 Å². The van der Waals surface area contributed by atoms with Crippen LogP contribution in [0.1, 0.15) is 58.3 Å². The van der Waals surface area contributed by atoms with Crippen molar-refractivity contribution >= 4 is 0 Å². The summed E-state index contributed by atoms with van der Waals surface area (Å²) in [6, 6.07) is 0.826. The Balaban J connectivity index is 1.71. The average molecular weight is 250 g/mol. The molecule has 1 aliphatic heterocycles. The first-order chi connectivity index (χ1) is 8.73. The van der Waals surface area contributed by atoms with E-state index in [2.05, 4.69) is 23.8 Å². The molecule has 0 amide bonds. The van der Waals surface area contributed by atoms with Crippen molar-refractivity contribution in [3.05, 3.63) is 0 Å². The van der Waals surface area contributed by atoms with Gasteiger partial charge in [0.15, 0.2) is 0 Å². The van der Waals surface area contributed by atoms with Gasteiger partial charge in [-0.2, -0.15) is 0 Å². The van der Waals surface area contributed by atoms with Gasteiger partial charge in [-0.15, -0.1) is 0 Å². The summed E-state index contributed by atoms with van der Waals surface area (Å²) in [5, 5.41) is 0. The summed E-state index contributed by atoms with van der Waals surface area (Å²) in [5.41, 5.74) is 0.606. The molecule has 0 aromatic carbocycles. The molecule has 0 unspecified atom stereocenters. The van der Waals surface area contributed by atoms with Crippen molar-refractivity contribution in [3.63, 3.8) is 0 Å². The Morgan fingerprint density at radius 1 is 1.17 bits per heavy atom. The highest BCUT2D eigenvalue weighted by Gasteiger charge is 2.47. The molecule has 18 heavy (non-hydrogen) atoms. The average Bonchev–Trinajstić information content (AvgIpc) is 3.15. The Morgan fingerprint density at radius 2 is 1.89 bits per heavy atom. The number of likely N-dealkylation sites (N-methyl/N-ethyl adjacent to an activating group) is 1. The van der Waals surface area contributed by atoms with Gasteiger partial charge in [0.25, 0.3) is 0 Å². The molecule has 1 saturated heterocycles. The highest BCUT2D eigenvalue weighted by Crippen LogP contribution is 2.45. The summed E-state index contributed by atoms with van der Waals surface area (Å²) in [6.45, 7) is 6.27. The van der Waals surface area contributed by atoms with Gasteiger partial charge in [0.1, 0.15) is 0 Å². The molecule has 3 fully saturated rings. The molecular weight excluding hydrogens is 220 g/mol. The van der Waals surface area contributed by atoms with Gasteiger partial charge in [-0.3, -0.25) is 4.90 Å². The minimum Gasteiger partial charge on any atom is -0.302 e. The van der Waals surface area contributed by atoms with Gasteiger partial charge >= 0.3 is 0 Å². The second kappa shape index (κ2) is 5.13. The van der Waals surface area contributed by atoms with E-state index in [9.17, 15) is 0 Å². The fraction of sp³-hybridized carbons (Fsp3) is 1.00. The molecule has 0 radical (unpaired) electrons. The largest absolute Gasteiger partial charge is 0.302 e. The Bertz CT molecular complexity index is 279. The molecule has 3 aliphatic rings. The SMILES string of the molecule is CCN(C)[C@@H]1CN(CC2CC2)C2(CCCCC2)C1. The van der Waals surface area contributed by atoms with Crippen LogP contribution in [-0.2, 0) is 0 Å². The number of nitrogens with zero attached hydrogens (tertiary/aromatic N) is 2. The molecular formula is C16H30N2. The minimum atomic E-state index is 0.606. The molecule has 2 aliphatic carbocycles. The molecule has 1 atom stereocenters. The van der Waals surface area contributed by atoms with Gasteiger partial charge in [0.2, 0.25) is 0 Å². The maximum Gasteiger partial charge on any atom is 0.0237 e. The molecule has 2 nitrogen and oxygen atoms in total. The van der Waals surface area contributed by atoms with Crippen LogP contribution in [0.15, 0.2) is 0 Å². The van der Waals surface area contributed by atoms with Crippen LogP contribution < -0.4 is 0 Å². The van der Waals surface area contributed by atoms with Crippen molar-refractivity contribution in [3.8, 4) is 0 Å². The molecule has 0 aromatic heterocycles. The van der Waals surface area contributed by atoms with E-state index in [4.69, 9.17) is 0 Å². The van der Waals surface area contributed by atoms with E-state index >= 15 is 0 Å². The highest BCUT2D eigenvalue weighted by atomic mass is 15.3. The first-order valence-corrected chi connectivity index (χ1v) is 8.19. The fourth-order valence-corrected chi connectivity index (χ4v) is 4.24. The Kier molecular flexibility index (Phi) is 3.68. The van der Waals surface area contributed by atoms with Crippen molar-refractivity contribution in [2.75, 3.05) is 26.7 Å². The van der Waals surface area contributed by atoms with E-state index in [1.165, 1.54) is 71.0 Å². The van der Waals surface area contributed by atoms with Crippen LogP contribution in [0.2, 0.25) is 0 Å². The van der Waals surface area contributed by atoms with Crippen molar-refractivity contribution in [2.24, 2.45) is 5.92 Å². The van der Waals surface area contributed by atoms with Gasteiger partial charge in [-0.25, -0.2) is 0 Å². The van der Waals surface area contributed by atoms with Crippen LogP contribution in [0.25, 0.3) is 0 Å². The number of hydrogen-bond acceptors (Lipinski definition) is 2. The molecule has 1 spiro atoms. The van der Waals surface area contributed by atoms with Crippen LogP contribution in [0, 0.1) is 5.92 Å². The van der Waals surface area contributed by atoms with Gasteiger partial charge < -0.3 is 4.90 Å². The molecule has 0 N–H and O–H groups in total. The zero-order valence-corrected chi connectivity index (χ0v) is 12.3. The maximum atomic E-state index is 2.92. The lowest BCUT2D eigenvalue weighted by Gasteiger charge is -2.41. The third kappa shape index (κ3) is 2.46.